The molecule has 4 aliphatic rings. The summed E-state index contributed by atoms with van der Waals surface area (Å²) in [6.07, 6.45) is 8.40. The van der Waals surface area contributed by atoms with Crippen LogP contribution in [0.3, 0.4) is 0 Å². The summed E-state index contributed by atoms with van der Waals surface area (Å²) in [5, 5.41) is 0. The van der Waals surface area contributed by atoms with E-state index in [2.05, 4.69) is 34.0 Å². The normalized spacial score (nSPS) is 32.9. The lowest BCUT2D eigenvalue weighted by Gasteiger charge is -2.33. The van der Waals surface area contributed by atoms with Gasteiger partial charge < -0.3 is 4.90 Å². The molecule has 5 rings (SSSR count). The topological polar surface area (TPSA) is 69.6 Å². The number of carbonyl (C=O) groups is 2. The van der Waals surface area contributed by atoms with Gasteiger partial charge in [0.25, 0.3) is 0 Å². The van der Waals surface area contributed by atoms with Gasteiger partial charge in [0.15, 0.2) is 0 Å². The van der Waals surface area contributed by atoms with Gasteiger partial charge in [-0.25, -0.2) is 9.97 Å². The van der Waals surface area contributed by atoms with Crippen LogP contribution in [-0.2, 0) is 9.59 Å². The lowest BCUT2D eigenvalue weighted by atomic mass is 9.85. The number of nitrogens with zero attached hydrogens (tertiary/aromatic N) is 5. The van der Waals surface area contributed by atoms with Gasteiger partial charge in [0.2, 0.25) is 17.8 Å². The highest BCUT2D eigenvalue weighted by Gasteiger charge is 2.58. The number of piperazine rings is 1. The molecule has 2 saturated heterocycles. The SMILES string of the molecule is [2H]C([2H])(C#CCN1C(=O)[C@@H]2[C@H](C1=O)[C@@H]1C=C[C@H]2C1)N1CCN(c2ncccn2)CC1. The molecule has 7 heteroatoms. The number of amides is 2. The molecule has 1 saturated carbocycles. The number of imide groups is 1. The zero-order valence-electron chi connectivity index (χ0n) is 17.5. The summed E-state index contributed by atoms with van der Waals surface area (Å²) in [7, 11) is 0. The molecule has 28 heavy (non-hydrogen) atoms. The van der Waals surface area contributed by atoms with Crippen LogP contribution in [0.5, 0.6) is 0 Å². The van der Waals surface area contributed by atoms with E-state index in [1.165, 1.54) is 4.90 Å². The summed E-state index contributed by atoms with van der Waals surface area (Å²) >= 11 is 0. The van der Waals surface area contributed by atoms with Crippen molar-refractivity contribution >= 4 is 17.8 Å². The molecule has 1 aromatic heterocycles. The minimum Gasteiger partial charge on any atom is -0.338 e. The smallest absolute Gasteiger partial charge is 0.234 e. The second kappa shape index (κ2) is 7.02. The van der Waals surface area contributed by atoms with E-state index in [1.807, 2.05) is 4.90 Å². The molecule has 1 aromatic rings. The maximum Gasteiger partial charge on any atom is 0.234 e. The first kappa shape index (κ1) is 15.2. The van der Waals surface area contributed by atoms with Crippen LogP contribution >= 0.6 is 0 Å². The van der Waals surface area contributed by atoms with Gasteiger partial charge in [-0.15, -0.1) is 0 Å². The van der Waals surface area contributed by atoms with Gasteiger partial charge in [0, 0.05) is 38.6 Å². The second-order valence-corrected chi connectivity index (χ2v) is 7.70. The van der Waals surface area contributed by atoms with Crippen molar-refractivity contribution in [2.75, 3.05) is 44.1 Å². The van der Waals surface area contributed by atoms with Crippen LogP contribution in [0.25, 0.3) is 0 Å². The van der Waals surface area contributed by atoms with Crippen molar-refractivity contribution in [3.63, 3.8) is 0 Å². The zero-order valence-corrected chi connectivity index (χ0v) is 15.5. The van der Waals surface area contributed by atoms with Gasteiger partial charge in [0.1, 0.15) is 0 Å². The minimum atomic E-state index is -1.83. The van der Waals surface area contributed by atoms with E-state index in [4.69, 9.17) is 2.74 Å². The lowest BCUT2D eigenvalue weighted by molar-refractivity contribution is -0.139. The molecule has 3 heterocycles. The third-order valence-corrected chi connectivity index (χ3v) is 6.22. The number of allylic oxidation sites excluding steroid dienone is 2. The summed E-state index contributed by atoms with van der Waals surface area (Å²) in [6.45, 7) is 0.315. The van der Waals surface area contributed by atoms with Gasteiger partial charge in [0.05, 0.1) is 27.6 Å². The molecule has 2 bridgehead atoms. The van der Waals surface area contributed by atoms with Crippen molar-refractivity contribution in [3.05, 3.63) is 30.6 Å². The summed E-state index contributed by atoms with van der Waals surface area (Å²) in [5.41, 5.74) is 0. The quantitative estimate of drug-likeness (QED) is 0.430. The van der Waals surface area contributed by atoms with Crippen molar-refractivity contribution in [2.45, 2.75) is 6.42 Å². The van der Waals surface area contributed by atoms with Crippen LogP contribution in [-0.4, -0.2) is 70.8 Å². The number of carbonyl (C=O) groups excluding carboxylic acids is 2. The first-order valence-corrected chi connectivity index (χ1v) is 9.76. The Hall–Kier alpha value is -2.72. The van der Waals surface area contributed by atoms with Crippen LogP contribution in [0.15, 0.2) is 30.6 Å². The molecule has 4 atom stereocenters. The van der Waals surface area contributed by atoms with E-state index in [0.717, 1.165) is 6.42 Å². The summed E-state index contributed by atoms with van der Waals surface area (Å²) in [5.74, 6) is 5.64. The highest BCUT2D eigenvalue weighted by molar-refractivity contribution is 6.06. The molecule has 0 unspecified atom stereocenters. The van der Waals surface area contributed by atoms with E-state index in [0.29, 0.717) is 32.1 Å². The molecule has 2 amide bonds. The fraction of sp³-hybridized carbons (Fsp3) is 0.524. The molecule has 144 valence electrons. The van der Waals surface area contributed by atoms with E-state index in [-0.39, 0.29) is 42.0 Å². The maximum absolute atomic E-state index is 12.7. The zero-order chi connectivity index (χ0) is 20.9. The van der Waals surface area contributed by atoms with Gasteiger partial charge >= 0.3 is 0 Å². The predicted molar refractivity (Wildman–Crippen MR) is 103 cm³/mol. The average molecular weight is 379 g/mol. The summed E-state index contributed by atoms with van der Waals surface area (Å²) in [4.78, 5) is 38.8. The molecule has 3 fully saturated rings. The number of aromatic nitrogens is 2. The van der Waals surface area contributed by atoms with Crippen LogP contribution in [0, 0.1) is 35.5 Å². The Kier molecular flexibility index (Phi) is 3.82. The van der Waals surface area contributed by atoms with Gasteiger partial charge in [-0.2, -0.15) is 0 Å². The van der Waals surface area contributed by atoms with E-state index < -0.39 is 6.50 Å². The number of hydrogen-bond acceptors (Lipinski definition) is 6. The Bertz CT molecular complexity index is 919. The molecule has 0 radical (unpaired) electrons. The van der Waals surface area contributed by atoms with E-state index >= 15 is 0 Å². The van der Waals surface area contributed by atoms with Crippen molar-refractivity contribution in [1.29, 1.82) is 0 Å². The number of rotatable bonds is 3. The standard InChI is InChI=1S/C21H23N5O2/c27-19-17-15-4-5-16(14-15)18(17)20(28)26(19)9-2-1-8-24-10-12-25(13-11-24)21-22-6-3-7-23-21/h3-7,15-18H,8-14H2/t15-,16+,17-,18+/i8D2. The largest absolute Gasteiger partial charge is 0.338 e. The van der Waals surface area contributed by atoms with E-state index in [1.54, 1.807) is 23.4 Å². The predicted octanol–water partition coefficient (Wildman–Crippen LogP) is 0.409. The number of hydrogen-bond donors (Lipinski definition) is 0. The Morgan fingerprint density at radius 2 is 1.64 bits per heavy atom. The number of fused-ring (bicyclic) bond motifs is 5. The Morgan fingerprint density at radius 3 is 2.29 bits per heavy atom. The highest BCUT2D eigenvalue weighted by Crippen LogP contribution is 2.52. The molecule has 2 aliphatic carbocycles. The highest BCUT2D eigenvalue weighted by atomic mass is 16.2. The molecular formula is C21H23N5O2. The van der Waals surface area contributed by atoms with Crippen molar-refractivity contribution in [2.24, 2.45) is 23.7 Å². The average Bonchev–Trinajstić information content (AvgIpc) is 3.44. The molecule has 2 aliphatic heterocycles. The van der Waals surface area contributed by atoms with Crippen LogP contribution in [0.4, 0.5) is 5.95 Å². The molecule has 7 nitrogen and oxygen atoms in total. The van der Waals surface area contributed by atoms with Crippen molar-refractivity contribution < 1.29 is 12.3 Å². The monoisotopic (exact) mass is 379 g/mol. The summed E-state index contributed by atoms with van der Waals surface area (Å²) in [6, 6.07) is 1.76. The number of anilines is 1. The molecular weight excluding hydrogens is 354 g/mol. The Labute approximate surface area is 167 Å². The van der Waals surface area contributed by atoms with Gasteiger partial charge in [-0.1, -0.05) is 24.0 Å². The second-order valence-electron chi connectivity index (χ2n) is 7.70. The fourth-order valence-electron chi connectivity index (χ4n) is 4.83. The fourth-order valence-corrected chi connectivity index (χ4v) is 4.83. The third-order valence-electron chi connectivity index (χ3n) is 6.22. The molecule has 0 spiro atoms. The number of likely N-dealkylation sites (tertiary alicyclic amines) is 1. The first-order valence-electron chi connectivity index (χ1n) is 10.8. The lowest BCUT2D eigenvalue weighted by Crippen LogP contribution is -2.47. The minimum absolute atomic E-state index is 0.0402. The van der Waals surface area contributed by atoms with Crippen LogP contribution in [0.1, 0.15) is 9.16 Å². The maximum atomic E-state index is 12.7. The van der Waals surface area contributed by atoms with Crippen LogP contribution < -0.4 is 4.90 Å². The Balaban J connectivity index is 1.20. The first-order chi connectivity index (χ1) is 14.5. The van der Waals surface area contributed by atoms with Gasteiger partial charge in [-0.05, 0) is 24.3 Å². The van der Waals surface area contributed by atoms with E-state index in [9.17, 15) is 9.59 Å². The molecule has 0 N–H and O–H groups in total. The Morgan fingerprint density at radius 1 is 1.00 bits per heavy atom. The molecule has 0 aromatic carbocycles. The van der Waals surface area contributed by atoms with Crippen molar-refractivity contribution in [3.8, 4) is 11.8 Å². The van der Waals surface area contributed by atoms with Gasteiger partial charge in [-0.3, -0.25) is 19.4 Å². The third kappa shape index (κ3) is 2.89. The van der Waals surface area contributed by atoms with Crippen LogP contribution in [0.2, 0.25) is 0 Å². The van der Waals surface area contributed by atoms with Crippen molar-refractivity contribution in [1.82, 2.24) is 19.8 Å². The summed E-state index contributed by atoms with van der Waals surface area (Å²) < 4.78 is 16.7.